The van der Waals surface area contributed by atoms with E-state index < -0.39 is 6.17 Å². The van der Waals surface area contributed by atoms with Gasteiger partial charge in [0.2, 0.25) is 0 Å². The lowest BCUT2D eigenvalue weighted by atomic mass is 9.91. The van der Waals surface area contributed by atoms with E-state index >= 15 is 0 Å². The standard InChI is InChI=1S/C10H11F/c11-10-6-5-8-3-1-2-4-9(8)7-10/h1-4,10H,5-7H2. The molecule has 1 aliphatic rings. The van der Waals surface area contributed by atoms with Crippen molar-refractivity contribution in [1.82, 2.24) is 0 Å². The van der Waals surface area contributed by atoms with Crippen LogP contribution in [0.5, 0.6) is 0 Å². The lowest BCUT2D eigenvalue weighted by Gasteiger charge is -2.18. The third-order valence-corrected chi connectivity index (χ3v) is 2.29. The molecule has 0 saturated heterocycles. The molecule has 1 atom stereocenters. The number of alkyl halides is 1. The Hall–Kier alpha value is -0.850. The van der Waals surface area contributed by atoms with E-state index in [9.17, 15) is 4.39 Å². The van der Waals surface area contributed by atoms with Gasteiger partial charge in [-0.2, -0.15) is 0 Å². The highest BCUT2D eigenvalue weighted by molar-refractivity contribution is 5.29. The number of halogens is 1. The van der Waals surface area contributed by atoms with Gasteiger partial charge < -0.3 is 0 Å². The molecule has 1 aromatic rings. The second-order valence-corrected chi connectivity index (χ2v) is 3.11. The van der Waals surface area contributed by atoms with Gasteiger partial charge in [0.25, 0.3) is 0 Å². The largest absolute Gasteiger partial charge is 0.247 e. The number of benzene rings is 1. The van der Waals surface area contributed by atoms with E-state index in [1.165, 1.54) is 11.1 Å². The van der Waals surface area contributed by atoms with Gasteiger partial charge >= 0.3 is 0 Å². The second-order valence-electron chi connectivity index (χ2n) is 3.11. The van der Waals surface area contributed by atoms with Gasteiger partial charge in [-0.1, -0.05) is 24.3 Å². The van der Waals surface area contributed by atoms with Crippen molar-refractivity contribution in [2.45, 2.75) is 25.4 Å². The molecule has 0 fully saturated rings. The van der Waals surface area contributed by atoms with E-state index in [0.29, 0.717) is 12.8 Å². The predicted octanol–water partition coefficient (Wildman–Crippen LogP) is 2.51. The van der Waals surface area contributed by atoms with E-state index in [1.54, 1.807) is 0 Å². The van der Waals surface area contributed by atoms with E-state index in [4.69, 9.17) is 0 Å². The first kappa shape index (κ1) is 6.84. The molecule has 0 aromatic heterocycles. The first-order valence-corrected chi connectivity index (χ1v) is 4.07. The monoisotopic (exact) mass is 150 g/mol. The lowest BCUT2D eigenvalue weighted by molar-refractivity contribution is 0.301. The zero-order valence-corrected chi connectivity index (χ0v) is 6.39. The van der Waals surface area contributed by atoms with Crippen LogP contribution in [0.4, 0.5) is 4.39 Å². The highest BCUT2D eigenvalue weighted by Crippen LogP contribution is 2.22. The van der Waals surface area contributed by atoms with Crippen molar-refractivity contribution >= 4 is 0 Å². The molecule has 0 spiro atoms. The van der Waals surface area contributed by atoms with Crippen molar-refractivity contribution in [2.75, 3.05) is 0 Å². The Kier molecular flexibility index (Phi) is 1.65. The van der Waals surface area contributed by atoms with Gasteiger partial charge in [-0.25, -0.2) is 4.39 Å². The number of fused-ring (bicyclic) bond motifs is 1. The highest BCUT2D eigenvalue weighted by Gasteiger charge is 2.16. The van der Waals surface area contributed by atoms with Gasteiger partial charge in [0.15, 0.2) is 0 Å². The van der Waals surface area contributed by atoms with Crippen LogP contribution in [0.3, 0.4) is 0 Å². The summed E-state index contributed by atoms with van der Waals surface area (Å²) < 4.78 is 12.9. The summed E-state index contributed by atoms with van der Waals surface area (Å²) in [6.45, 7) is 0. The lowest BCUT2D eigenvalue weighted by Crippen LogP contribution is -2.14. The molecule has 1 aliphatic carbocycles. The number of aryl methyl sites for hydroxylation is 1. The molecule has 0 bridgehead atoms. The third kappa shape index (κ3) is 1.28. The Balaban J connectivity index is 2.34. The molecular weight excluding hydrogens is 139 g/mol. The minimum atomic E-state index is -0.607. The first-order chi connectivity index (χ1) is 5.36. The summed E-state index contributed by atoms with van der Waals surface area (Å²) in [6, 6.07) is 8.14. The minimum absolute atomic E-state index is 0.607. The maximum Gasteiger partial charge on any atom is 0.104 e. The maximum absolute atomic E-state index is 12.9. The maximum atomic E-state index is 12.9. The van der Waals surface area contributed by atoms with Gasteiger partial charge in [-0.3, -0.25) is 0 Å². The van der Waals surface area contributed by atoms with Crippen molar-refractivity contribution < 1.29 is 4.39 Å². The van der Waals surface area contributed by atoms with E-state index in [1.807, 2.05) is 18.2 Å². The van der Waals surface area contributed by atoms with Gasteiger partial charge in [0.05, 0.1) is 0 Å². The average Bonchev–Trinajstić information content (AvgIpc) is 2.04. The Morgan fingerprint density at radius 2 is 1.91 bits per heavy atom. The van der Waals surface area contributed by atoms with Gasteiger partial charge in [-0.05, 0) is 24.0 Å². The molecule has 0 aliphatic heterocycles. The molecule has 0 amide bonds. The molecule has 11 heavy (non-hydrogen) atoms. The summed E-state index contributed by atoms with van der Waals surface area (Å²) in [5.41, 5.74) is 2.53. The molecular formula is C10H11F. The van der Waals surface area contributed by atoms with Crippen LogP contribution in [-0.2, 0) is 12.8 Å². The van der Waals surface area contributed by atoms with E-state index in [0.717, 1.165) is 6.42 Å². The van der Waals surface area contributed by atoms with Crippen LogP contribution in [0.1, 0.15) is 17.5 Å². The summed E-state index contributed by atoms with van der Waals surface area (Å²) in [5.74, 6) is 0. The molecule has 1 heteroatoms. The Labute approximate surface area is 66.1 Å². The normalized spacial score (nSPS) is 22.8. The summed E-state index contributed by atoms with van der Waals surface area (Å²) >= 11 is 0. The molecule has 0 nitrogen and oxygen atoms in total. The number of rotatable bonds is 0. The summed E-state index contributed by atoms with van der Waals surface area (Å²) in [7, 11) is 0. The molecule has 0 saturated carbocycles. The average molecular weight is 150 g/mol. The molecule has 0 N–H and O–H groups in total. The van der Waals surface area contributed by atoms with Gasteiger partial charge in [0, 0.05) is 6.42 Å². The van der Waals surface area contributed by atoms with Crippen LogP contribution >= 0.6 is 0 Å². The van der Waals surface area contributed by atoms with Crippen molar-refractivity contribution in [3.63, 3.8) is 0 Å². The SMILES string of the molecule is FC1CCc2ccccc2C1. The fourth-order valence-electron chi connectivity index (χ4n) is 1.65. The molecule has 1 aromatic carbocycles. The van der Waals surface area contributed by atoms with Crippen LogP contribution in [0.15, 0.2) is 24.3 Å². The topological polar surface area (TPSA) is 0 Å². The summed E-state index contributed by atoms with van der Waals surface area (Å²) in [6.07, 6.45) is 1.63. The molecule has 0 radical (unpaired) electrons. The smallest absolute Gasteiger partial charge is 0.104 e. The fraction of sp³-hybridized carbons (Fsp3) is 0.400. The minimum Gasteiger partial charge on any atom is -0.247 e. The van der Waals surface area contributed by atoms with Crippen molar-refractivity contribution in [1.29, 1.82) is 0 Å². The van der Waals surface area contributed by atoms with Crippen molar-refractivity contribution in [3.05, 3.63) is 35.4 Å². The van der Waals surface area contributed by atoms with Crippen LogP contribution in [0, 0.1) is 0 Å². The summed E-state index contributed by atoms with van der Waals surface area (Å²) in [5, 5.41) is 0. The highest BCUT2D eigenvalue weighted by atomic mass is 19.1. The zero-order chi connectivity index (χ0) is 7.68. The fourth-order valence-corrected chi connectivity index (χ4v) is 1.65. The van der Waals surface area contributed by atoms with Crippen molar-refractivity contribution in [2.24, 2.45) is 0 Å². The van der Waals surface area contributed by atoms with Crippen LogP contribution in [0.25, 0.3) is 0 Å². The predicted molar refractivity (Wildman–Crippen MR) is 43.4 cm³/mol. The van der Waals surface area contributed by atoms with Crippen molar-refractivity contribution in [3.8, 4) is 0 Å². The first-order valence-electron chi connectivity index (χ1n) is 4.07. The number of hydrogen-bond acceptors (Lipinski definition) is 0. The third-order valence-electron chi connectivity index (χ3n) is 2.29. The molecule has 1 unspecified atom stereocenters. The Bertz CT molecular complexity index is 255. The van der Waals surface area contributed by atoms with Crippen LogP contribution in [0.2, 0.25) is 0 Å². The molecule has 0 heterocycles. The summed E-state index contributed by atoms with van der Waals surface area (Å²) in [4.78, 5) is 0. The van der Waals surface area contributed by atoms with E-state index in [-0.39, 0.29) is 0 Å². The second kappa shape index (κ2) is 2.65. The zero-order valence-electron chi connectivity index (χ0n) is 6.39. The van der Waals surface area contributed by atoms with Crippen LogP contribution < -0.4 is 0 Å². The van der Waals surface area contributed by atoms with Gasteiger partial charge in [-0.15, -0.1) is 0 Å². The Morgan fingerprint density at radius 1 is 1.18 bits per heavy atom. The Morgan fingerprint density at radius 3 is 2.73 bits per heavy atom. The van der Waals surface area contributed by atoms with Gasteiger partial charge in [0.1, 0.15) is 6.17 Å². The molecule has 58 valence electrons. The number of hydrogen-bond donors (Lipinski definition) is 0. The van der Waals surface area contributed by atoms with Crippen LogP contribution in [-0.4, -0.2) is 6.17 Å². The quantitative estimate of drug-likeness (QED) is 0.533. The van der Waals surface area contributed by atoms with E-state index in [2.05, 4.69) is 6.07 Å². The molecule has 2 rings (SSSR count).